The molecule has 176 valence electrons. The first-order chi connectivity index (χ1) is 12.1. The van der Waals surface area contributed by atoms with Gasteiger partial charge in [-0.15, -0.1) is 0 Å². The summed E-state index contributed by atoms with van der Waals surface area (Å²) < 4.78 is 0. The Bertz CT molecular complexity index is 310. The maximum atomic E-state index is 9.00. The van der Waals surface area contributed by atoms with E-state index in [9.17, 15) is 0 Å². The molecule has 0 aromatic carbocycles. The van der Waals surface area contributed by atoms with Crippen LogP contribution in [0.25, 0.3) is 0 Å². The van der Waals surface area contributed by atoms with Gasteiger partial charge in [0.05, 0.1) is 0 Å². The normalized spacial score (nSPS) is 6.37. The molecule has 0 aliphatic carbocycles. The number of carboxylic acid groups (broad SMARTS) is 5. The Morgan fingerprint density at radius 1 is 0.600 bits per heavy atom. The molecule has 0 rings (SSSR count). The molecule has 0 atom stereocenters. The predicted molar refractivity (Wildman–Crippen MR) is 99.8 cm³/mol. The van der Waals surface area contributed by atoms with Gasteiger partial charge >= 0.3 is 59.1 Å². The zero-order chi connectivity index (χ0) is 23.4. The second kappa shape index (κ2) is 56.8. The van der Waals surface area contributed by atoms with Crippen molar-refractivity contribution < 1.29 is 129 Å². The van der Waals surface area contributed by atoms with Gasteiger partial charge in [-0.3, -0.25) is 24.0 Å². The van der Waals surface area contributed by atoms with Crippen molar-refractivity contribution in [3.63, 3.8) is 0 Å². The monoisotopic (exact) mass is 507 g/mol. The van der Waals surface area contributed by atoms with Crippen LogP contribution in [0.4, 0.5) is 0 Å². The fourth-order valence-electron chi connectivity index (χ4n) is 0.329. The molecule has 16 heteroatoms. The summed E-state index contributed by atoms with van der Waals surface area (Å²) in [5.41, 5.74) is 10.3. The summed E-state index contributed by atoms with van der Waals surface area (Å²) in [6.07, 6.45) is 0. The fraction of sp³-hybridized carbons (Fsp3) is 0.643. The van der Waals surface area contributed by atoms with Crippen LogP contribution >= 0.6 is 0 Å². The van der Waals surface area contributed by atoms with Gasteiger partial charge in [-0.1, -0.05) is 0 Å². The van der Waals surface area contributed by atoms with E-state index in [1.54, 1.807) is 0 Å². The summed E-state index contributed by atoms with van der Waals surface area (Å²) in [6, 6.07) is 0. The van der Waals surface area contributed by atoms with Gasteiger partial charge in [0.25, 0.3) is 29.8 Å². The number of nitrogens with one attached hydrogen (secondary N) is 1. The Labute approximate surface area is 234 Å². The number of carbonyl (C=O) groups is 5. The molecule has 0 aromatic heterocycles. The van der Waals surface area contributed by atoms with Gasteiger partial charge in [0.15, 0.2) is 0 Å². The van der Waals surface area contributed by atoms with Gasteiger partial charge in [0, 0.05) is 77.9 Å². The minimum atomic E-state index is -0.833. The molecule has 0 saturated carbocycles. The van der Waals surface area contributed by atoms with Crippen LogP contribution in [0.3, 0.4) is 0 Å². The number of hydrogen-bond donors (Lipinski definition) is 8. The van der Waals surface area contributed by atoms with Crippen molar-refractivity contribution in [2.75, 3.05) is 26.2 Å². The summed E-state index contributed by atoms with van der Waals surface area (Å²) in [5.74, 6) is -4.17. The van der Waals surface area contributed by atoms with Crippen molar-refractivity contribution in [1.29, 1.82) is 0 Å². The van der Waals surface area contributed by atoms with Crippen molar-refractivity contribution in [2.45, 2.75) is 34.6 Å². The van der Waals surface area contributed by atoms with Gasteiger partial charge in [0.1, 0.15) is 0 Å². The van der Waals surface area contributed by atoms with Crippen LogP contribution in [-0.2, 0) is 41.0 Å². The molecule has 0 amide bonds. The van der Waals surface area contributed by atoms with Crippen LogP contribution < -0.4 is 75.9 Å². The van der Waals surface area contributed by atoms with Crippen LogP contribution in [-0.4, -0.2) is 81.6 Å². The van der Waals surface area contributed by atoms with Gasteiger partial charge in [-0.2, -0.15) is 0 Å². The molecule has 0 saturated heterocycles. The molecule has 10 N–H and O–H groups in total. The molecule has 0 bridgehead atoms. The third-order valence-corrected chi connectivity index (χ3v) is 0.642. The second-order valence-electron chi connectivity index (χ2n) is 3.92. The molecular formula is C14H35FeN3Na2O10. The Morgan fingerprint density at radius 3 is 0.767 bits per heavy atom. The summed E-state index contributed by atoms with van der Waals surface area (Å²) in [5, 5.41) is 40.1. The van der Waals surface area contributed by atoms with E-state index in [4.69, 9.17) is 61.0 Å². The molecule has 0 aliphatic heterocycles. The Hall–Kier alpha value is -0.251. The summed E-state index contributed by atoms with van der Waals surface area (Å²) >= 11 is 0. The third-order valence-electron chi connectivity index (χ3n) is 0.642. The summed E-state index contributed by atoms with van der Waals surface area (Å²) in [4.78, 5) is 45.0. The minimum Gasteiger partial charge on any atom is -1.00 e. The number of rotatable bonds is 4. The molecule has 0 unspecified atom stereocenters. The van der Waals surface area contributed by atoms with Crippen LogP contribution in [0.1, 0.15) is 37.5 Å². The first kappa shape index (κ1) is 57.1. The summed E-state index contributed by atoms with van der Waals surface area (Å²) in [6.45, 7) is 8.55. The Morgan fingerprint density at radius 2 is 0.700 bits per heavy atom. The van der Waals surface area contributed by atoms with Gasteiger partial charge in [-0.25, -0.2) is 0 Å². The minimum absolute atomic E-state index is 0. The van der Waals surface area contributed by atoms with Gasteiger partial charge in [0.2, 0.25) is 0 Å². The van der Waals surface area contributed by atoms with Gasteiger partial charge in [-0.05, 0) is 0 Å². The van der Waals surface area contributed by atoms with Gasteiger partial charge < -0.3 is 45.2 Å². The maximum absolute atomic E-state index is 9.00. The van der Waals surface area contributed by atoms with Crippen molar-refractivity contribution >= 4 is 29.8 Å². The van der Waals surface area contributed by atoms with E-state index in [1.165, 1.54) is 0 Å². The van der Waals surface area contributed by atoms with E-state index >= 15 is 0 Å². The van der Waals surface area contributed by atoms with Crippen LogP contribution in [0, 0.1) is 0 Å². The molecule has 0 aromatic rings. The molecule has 30 heavy (non-hydrogen) atoms. The van der Waals surface area contributed by atoms with Crippen molar-refractivity contribution in [3.05, 3.63) is 0 Å². The predicted octanol–water partition coefficient (Wildman–Crippen LogP) is -6.82. The zero-order valence-corrected chi connectivity index (χ0v) is 23.7. The van der Waals surface area contributed by atoms with Crippen LogP contribution in [0.15, 0.2) is 0 Å². The molecular weight excluding hydrogens is 472 g/mol. The maximum Gasteiger partial charge on any atom is 1.00 e. The average Bonchev–Trinajstić information content (AvgIpc) is 2.35. The number of carboxylic acids is 5. The van der Waals surface area contributed by atoms with E-state index < -0.39 is 29.8 Å². The molecule has 0 radical (unpaired) electrons. The first-order valence-corrected chi connectivity index (χ1v) is 7.16. The average molecular weight is 507 g/mol. The molecule has 0 fully saturated rings. The number of nitrogens with two attached hydrogens (primary N) is 2. The zero-order valence-electron chi connectivity index (χ0n) is 20.6. The molecule has 13 nitrogen and oxygen atoms in total. The Balaban J connectivity index is -0.0000000181. The van der Waals surface area contributed by atoms with Crippen LogP contribution in [0.2, 0.25) is 0 Å². The van der Waals surface area contributed by atoms with Crippen LogP contribution in [0.5, 0.6) is 0 Å². The Kier molecular flexibility index (Phi) is 108. The van der Waals surface area contributed by atoms with E-state index in [0.717, 1.165) is 47.7 Å². The quantitative estimate of drug-likeness (QED) is 0.130. The second-order valence-corrected chi connectivity index (χ2v) is 3.92. The van der Waals surface area contributed by atoms with Crippen molar-refractivity contribution in [1.82, 2.24) is 5.32 Å². The van der Waals surface area contributed by atoms with Crippen molar-refractivity contribution in [3.8, 4) is 0 Å². The summed E-state index contributed by atoms with van der Waals surface area (Å²) in [7, 11) is 0. The smallest absolute Gasteiger partial charge is 1.00 e. The molecule has 0 spiro atoms. The van der Waals surface area contributed by atoms with Crippen molar-refractivity contribution in [2.24, 2.45) is 11.5 Å². The van der Waals surface area contributed by atoms with E-state index in [1.807, 2.05) is 0 Å². The molecule has 0 heterocycles. The number of hydrogen-bond acceptors (Lipinski definition) is 8. The largest absolute Gasteiger partial charge is 1.00 e. The van der Waals surface area contributed by atoms with E-state index in [-0.39, 0.29) is 79.0 Å². The fourth-order valence-corrected chi connectivity index (χ4v) is 0.329. The SMILES string of the molecule is CC(=O)O.CC(=O)O.CC(=O)O.CC(=O)O.CC(=O)O.NCCNCCN.[Fe].[H-].[H-].[Na+].[Na+]. The number of aliphatic carboxylic acids is 5. The molecule has 0 aliphatic rings. The first-order valence-electron chi connectivity index (χ1n) is 7.16. The van der Waals surface area contributed by atoms with E-state index in [2.05, 4.69) is 5.32 Å². The van der Waals surface area contributed by atoms with E-state index in [0.29, 0.717) is 13.1 Å². The third kappa shape index (κ3) is 1410. The topological polar surface area (TPSA) is 251 Å². The standard InChI is InChI=1S/C4H13N3.5C2H4O2.Fe.2Na.2H/c5-1-3-7-4-2-6;5*1-2(3)4;;;;;/h7H,1-6H2;5*1H3,(H,3,4);;;;;/q;;;;;;;2*+1;2*-1.